The molecule has 1 N–H and O–H groups in total. The maximum Gasteiger partial charge on any atom is 0.167 e. The standard InChI is InChI=1S/C15H15NO2/c1-17-14-6-5-13(15(11-14)18-2)4-3-12-7-9-16-10-8-12/h3-11H,1-2H3/p+1/b4-3+. The van der Waals surface area contributed by atoms with Crippen molar-refractivity contribution in [2.75, 3.05) is 14.2 Å². The summed E-state index contributed by atoms with van der Waals surface area (Å²) in [6.45, 7) is 0. The van der Waals surface area contributed by atoms with Crippen molar-refractivity contribution in [1.82, 2.24) is 0 Å². The number of hydrogen-bond donors (Lipinski definition) is 0. The summed E-state index contributed by atoms with van der Waals surface area (Å²) in [4.78, 5) is 2.99. The first-order valence-corrected chi connectivity index (χ1v) is 5.69. The number of aromatic amines is 1. The summed E-state index contributed by atoms with van der Waals surface area (Å²) in [6, 6.07) is 9.78. The molecular formula is C15H16NO2+. The number of methoxy groups -OCH3 is 2. The van der Waals surface area contributed by atoms with Crippen LogP contribution < -0.4 is 14.5 Å². The summed E-state index contributed by atoms with van der Waals surface area (Å²) in [6.07, 6.45) is 7.85. The molecule has 1 aromatic carbocycles. The summed E-state index contributed by atoms with van der Waals surface area (Å²) >= 11 is 0. The molecule has 1 heterocycles. The lowest BCUT2D eigenvalue weighted by Gasteiger charge is -2.07. The lowest BCUT2D eigenvalue weighted by atomic mass is 10.1. The van der Waals surface area contributed by atoms with Crippen molar-refractivity contribution in [2.24, 2.45) is 0 Å². The lowest BCUT2D eigenvalue weighted by Crippen LogP contribution is -1.96. The van der Waals surface area contributed by atoms with Gasteiger partial charge in [0.15, 0.2) is 12.4 Å². The van der Waals surface area contributed by atoms with Gasteiger partial charge in [0.05, 0.1) is 14.2 Å². The molecule has 3 heteroatoms. The second kappa shape index (κ2) is 5.87. The number of H-pyrrole nitrogens is 1. The third kappa shape index (κ3) is 2.88. The number of pyridine rings is 1. The Hall–Kier alpha value is -2.29. The molecule has 0 aliphatic carbocycles. The molecule has 0 saturated heterocycles. The predicted octanol–water partition coefficient (Wildman–Crippen LogP) is 2.69. The Bertz CT molecular complexity index is 535. The second-order valence-corrected chi connectivity index (χ2v) is 3.77. The van der Waals surface area contributed by atoms with Gasteiger partial charge < -0.3 is 9.47 Å². The van der Waals surface area contributed by atoms with Gasteiger partial charge in [-0.2, -0.15) is 0 Å². The molecule has 18 heavy (non-hydrogen) atoms. The second-order valence-electron chi connectivity index (χ2n) is 3.77. The zero-order valence-electron chi connectivity index (χ0n) is 10.5. The third-order valence-electron chi connectivity index (χ3n) is 2.64. The molecule has 0 aliphatic rings. The van der Waals surface area contributed by atoms with Gasteiger partial charge in [-0.05, 0) is 17.7 Å². The van der Waals surface area contributed by atoms with Crippen molar-refractivity contribution in [2.45, 2.75) is 0 Å². The van der Waals surface area contributed by atoms with E-state index in [1.807, 2.05) is 54.9 Å². The molecule has 0 fully saturated rings. The van der Waals surface area contributed by atoms with Crippen LogP contribution >= 0.6 is 0 Å². The van der Waals surface area contributed by atoms with E-state index in [4.69, 9.17) is 9.47 Å². The van der Waals surface area contributed by atoms with Crippen LogP contribution in [0.5, 0.6) is 11.5 Å². The van der Waals surface area contributed by atoms with E-state index in [-0.39, 0.29) is 0 Å². The van der Waals surface area contributed by atoms with Gasteiger partial charge in [0.25, 0.3) is 0 Å². The summed E-state index contributed by atoms with van der Waals surface area (Å²) in [5.41, 5.74) is 2.15. The highest BCUT2D eigenvalue weighted by molar-refractivity contribution is 5.72. The molecule has 2 aromatic rings. The average molecular weight is 242 g/mol. The third-order valence-corrected chi connectivity index (χ3v) is 2.64. The molecule has 0 spiro atoms. The van der Waals surface area contributed by atoms with E-state index >= 15 is 0 Å². The van der Waals surface area contributed by atoms with E-state index in [0.717, 1.165) is 22.6 Å². The minimum absolute atomic E-state index is 0.790. The zero-order valence-corrected chi connectivity index (χ0v) is 10.5. The van der Waals surface area contributed by atoms with E-state index in [2.05, 4.69) is 4.98 Å². The fraction of sp³-hybridized carbons (Fsp3) is 0.133. The summed E-state index contributed by atoms with van der Waals surface area (Å²) in [5, 5.41) is 0. The first-order valence-electron chi connectivity index (χ1n) is 5.69. The minimum atomic E-state index is 0.790. The molecule has 1 aromatic heterocycles. The Kier molecular flexibility index (Phi) is 3.97. The minimum Gasteiger partial charge on any atom is -0.497 e. The average Bonchev–Trinajstić information content (AvgIpc) is 2.46. The van der Waals surface area contributed by atoms with Crippen LogP contribution in [0.15, 0.2) is 42.7 Å². The first-order chi connectivity index (χ1) is 8.83. The van der Waals surface area contributed by atoms with Crippen molar-refractivity contribution in [3.8, 4) is 11.5 Å². The summed E-state index contributed by atoms with van der Waals surface area (Å²) < 4.78 is 10.5. The van der Waals surface area contributed by atoms with E-state index in [9.17, 15) is 0 Å². The maximum absolute atomic E-state index is 5.34. The molecule has 0 radical (unpaired) electrons. The van der Waals surface area contributed by atoms with E-state index in [0.29, 0.717) is 0 Å². The molecule has 92 valence electrons. The predicted molar refractivity (Wildman–Crippen MR) is 71.5 cm³/mol. The largest absolute Gasteiger partial charge is 0.497 e. The zero-order chi connectivity index (χ0) is 12.8. The van der Waals surface area contributed by atoms with Crippen LogP contribution in [0.3, 0.4) is 0 Å². The van der Waals surface area contributed by atoms with Gasteiger partial charge >= 0.3 is 0 Å². The van der Waals surface area contributed by atoms with Crippen molar-refractivity contribution in [3.63, 3.8) is 0 Å². The molecule has 0 saturated carbocycles. The van der Waals surface area contributed by atoms with Crippen molar-refractivity contribution >= 4 is 12.2 Å². The monoisotopic (exact) mass is 242 g/mol. The van der Waals surface area contributed by atoms with Crippen LogP contribution in [0.1, 0.15) is 11.1 Å². The Morgan fingerprint density at radius 2 is 1.72 bits per heavy atom. The van der Waals surface area contributed by atoms with E-state index in [1.54, 1.807) is 14.2 Å². The summed E-state index contributed by atoms with van der Waals surface area (Å²) in [5.74, 6) is 1.59. The van der Waals surface area contributed by atoms with E-state index in [1.165, 1.54) is 0 Å². The van der Waals surface area contributed by atoms with Gasteiger partial charge in [-0.3, -0.25) is 0 Å². The molecule has 0 amide bonds. The number of nitrogens with one attached hydrogen (secondary N) is 1. The van der Waals surface area contributed by atoms with Crippen LogP contribution in [0.25, 0.3) is 12.2 Å². The molecule has 0 bridgehead atoms. The van der Waals surface area contributed by atoms with Crippen LogP contribution in [0.4, 0.5) is 0 Å². The maximum atomic E-state index is 5.34. The Morgan fingerprint density at radius 3 is 2.39 bits per heavy atom. The SMILES string of the molecule is COc1ccc(/C=C/c2cc[nH+]cc2)c(OC)c1. The molecular weight excluding hydrogens is 226 g/mol. The Balaban J connectivity index is 2.26. The topological polar surface area (TPSA) is 32.6 Å². The molecule has 2 rings (SSSR count). The Morgan fingerprint density at radius 1 is 0.944 bits per heavy atom. The number of ether oxygens (including phenoxy) is 2. The van der Waals surface area contributed by atoms with Gasteiger partial charge in [0, 0.05) is 23.8 Å². The van der Waals surface area contributed by atoms with Crippen LogP contribution in [0, 0.1) is 0 Å². The molecule has 0 atom stereocenters. The normalized spacial score (nSPS) is 10.6. The number of aromatic nitrogens is 1. The van der Waals surface area contributed by atoms with Crippen LogP contribution in [0.2, 0.25) is 0 Å². The highest BCUT2D eigenvalue weighted by atomic mass is 16.5. The van der Waals surface area contributed by atoms with Crippen molar-refractivity contribution in [3.05, 3.63) is 53.9 Å². The lowest BCUT2D eigenvalue weighted by molar-refractivity contribution is -0.378. The summed E-state index contributed by atoms with van der Waals surface area (Å²) in [7, 11) is 3.30. The molecule has 3 nitrogen and oxygen atoms in total. The highest BCUT2D eigenvalue weighted by Gasteiger charge is 2.01. The van der Waals surface area contributed by atoms with Crippen molar-refractivity contribution < 1.29 is 14.5 Å². The molecule has 0 unspecified atom stereocenters. The van der Waals surface area contributed by atoms with Crippen LogP contribution in [-0.2, 0) is 0 Å². The quantitative estimate of drug-likeness (QED) is 0.825. The number of benzene rings is 1. The fourth-order valence-electron chi connectivity index (χ4n) is 1.65. The smallest absolute Gasteiger partial charge is 0.167 e. The van der Waals surface area contributed by atoms with Gasteiger partial charge in [-0.25, -0.2) is 4.98 Å². The van der Waals surface area contributed by atoms with Crippen LogP contribution in [-0.4, -0.2) is 14.2 Å². The fourth-order valence-corrected chi connectivity index (χ4v) is 1.65. The van der Waals surface area contributed by atoms with E-state index < -0.39 is 0 Å². The van der Waals surface area contributed by atoms with Gasteiger partial charge in [0.2, 0.25) is 0 Å². The molecule has 0 aliphatic heterocycles. The van der Waals surface area contributed by atoms with Gasteiger partial charge in [0.1, 0.15) is 11.5 Å². The number of hydrogen-bond acceptors (Lipinski definition) is 2. The highest BCUT2D eigenvalue weighted by Crippen LogP contribution is 2.26. The number of rotatable bonds is 4. The van der Waals surface area contributed by atoms with Gasteiger partial charge in [-0.15, -0.1) is 0 Å². The Labute approximate surface area is 107 Å². The van der Waals surface area contributed by atoms with Crippen molar-refractivity contribution in [1.29, 1.82) is 0 Å². The first kappa shape index (κ1) is 12.2. The van der Waals surface area contributed by atoms with Gasteiger partial charge in [-0.1, -0.05) is 12.2 Å².